The molecule has 4 rings (SSSR count). The summed E-state index contributed by atoms with van der Waals surface area (Å²) in [5.41, 5.74) is 1.34. The Hall–Kier alpha value is -3.03. The number of rotatable bonds is 5. The van der Waals surface area contributed by atoms with Crippen LogP contribution in [0.5, 0.6) is 0 Å². The molecule has 1 heterocycles. The Morgan fingerprint density at radius 1 is 0.758 bits per heavy atom. The number of amides is 3. The first-order chi connectivity index (χ1) is 15.7. The third-order valence-electron chi connectivity index (χ3n) is 4.67. The van der Waals surface area contributed by atoms with E-state index >= 15 is 0 Å². The number of hydrogen-bond acceptors (Lipinski definition) is 4. The van der Waals surface area contributed by atoms with Crippen molar-refractivity contribution in [3.8, 4) is 0 Å². The van der Waals surface area contributed by atoms with Crippen molar-refractivity contribution in [2.45, 2.75) is 0 Å². The summed E-state index contributed by atoms with van der Waals surface area (Å²) >= 11 is 24.0. The largest absolute Gasteiger partial charge is 0.350 e. The van der Waals surface area contributed by atoms with Gasteiger partial charge in [-0.2, -0.15) is 0 Å². The minimum Gasteiger partial charge on any atom is -0.350 e. The Balaban J connectivity index is 1.54. The summed E-state index contributed by atoms with van der Waals surface area (Å²) in [6, 6.07) is 17.4. The Morgan fingerprint density at radius 3 is 2.24 bits per heavy atom. The molecule has 10 heteroatoms. The minimum absolute atomic E-state index is 0.108. The first kappa shape index (κ1) is 23.1. The van der Waals surface area contributed by atoms with Crippen LogP contribution in [-0.2, 0) is 9.59 Å². The predicted octanol–water partition coefficient (Wildman–Crippen LogP) is 6.33. The molecule has 6 nitrogen and oxygen atoms in total. The lowest BCUT2D eigenvalue weighted by atomic mass is 10.1. The maximum atomic E-state index is 12.9. The Morgan fingerprint density at radius 2 is 1.52 bits per heavy atom. The van der Waals surface area contributed by atoms with E-state index in [-0.39, 0.29) is 10.7 Å². The molecule has 0 bridgehead atoms. The number of imide groups is 1. The second-order valence-electron chi connectivity index (χ2n) is 6.90. The van der Waals surface area contributed by atoms with Crippen LogP contribution >= 0.6 is 46.4 Å². The summed E-state index contributed by atoms with van der Waals surface area (Å²) in [5, 5.41) is 6.33. The number of halogens is 4. The SMILES string of the molecule is O=C(Nc1ccc(Cl)c(Cl)c1)c1cccc(NC2=C(Cl)C(=O)N(c3cccc(Cl)c3)C2=O)c1. The van der Waals surface area contributed by atoms with E-state index in [0.717, 1.165) is 4.90 Å². The van der Waals surface area contributed by atoms with Crippen LogP contribution in [0.1, 0.15) is 10.4 Å². The van der Waals surface area contributed by atoms with Crippen LogP contribution in [0.4, 0.5) is 17.1 Å². The van der Waals surface area contributed by atoms with Gasteiger partial charge < -0.3 is 10.6 Å². The van der Waals surface area contributed by atoms with Crippen molar-refractivity contribution in [1.82, 2.24) is 0 Å². The molecule has 1 aliphatic rings. The number of nitrogens with zero attached hydrogens (tertiary/aromatic N) is 1. The van der Waals surface area contributed by atoms with Crippen molar-refractivity contribution in [2.24, 2.45) is 0 Å². The van der Waals surface area contributed by atoms with Crippen LogP contribution < -0.4 is 15.5 Å². The Bertz CT molecular complexity index is 1340. The van der Waals surface area contributed by atoms with Crippen LogP contribution in [0.15, 0.2) is 77.5 Å². The van der Waals surface area contributed by atoms with E-state index in [0.29, 0.717) is 37.7 Å². The minimum atomic E-state index is -0.681. The second-order valence-corrected chi connectivity index (χ2v) is 8.53. The predicted molar refractivity (Wildman–Crippen MR) is 131 cm³/mol. The summed E-state index contributed by atoms with van der Waals surface area (Å²) in [6.07, 6.45) is 0. The Labute approximate surface area is 208 Å². The van der Waals surface area contributed by atoms with Gasteiger partial charge in [-0.25, -0.2) is 4.90 Å². The number of nitrogens with one attached hydrogen (secondary N) is 2. The topological polar surface area (TPSA) is 78.5 Å². The van der Waals surface area contributed by atoms with Crippen molar-refractivity contribution in [1.29, 1.82) is 0 Å². The van der Waals surface area contributed by atoms with Gasteiger partial charge in [-0.1, -0.05) is 58.5 Å². The molecule has 0 unspecified atom stereocenters. The van der Waals surface area contributed by atoms with Gasteiger partial charge in [-0.05, 0) is 54.6 Å². The first-order valence-corrected chi connectivity index (χ1v) is 10.9. The molecular formula is C23H13Cl4N3O3. The van der Waals surface area contributed by atoms with E-state index < -0.39 is 17.7 Å². The van der Waals surface area contributed by atoms with Gasteiger partial charge in [0.2, 0.25) is 0 Å². The highest BCUT2D eigenvalue weighted by Crippen LogP contribution is 2.31. The van der Waals surface area contributed by atoms with Crippen molar-refractivity contribution in [2.75, 3.05) is 15.5 Å². The van der Waals surface area contributed by atoms with Gasteiger partial charge in [0.15, 0.2) is 0 Å². The maximum Gasteiger partial charge on any atom is 0.283 e. The van der Waals surface area contributed by atoms with Gasteiger partial charge >= 0.3 is 0 Å². The van der Waals surface area contributed by atoms with E-state index in [9.17, 15) is 14.4 Å². The van der Waals surface area contributed by atoms with E-state index in [1.807, 2.05) is 0 Å². The fourth-order valence-electron chi connectivity index (χ4n) is 3.12. The molecule has 0 atom stereocenters. The van der Waals surface area contributed by atoms with Crippen LogP contribution in [0.25, 0.3) is 0 Å². The lowest BCUT2D eigenvalue weighted by molar-refractivity contribution is -0.120. The number of hydrogen-bond donors (Lipinski definition) is 2. The normalized spacial score (nSPS) is 13.5. The smallest absolute Gasteiger partial charge is 0.283 e. The lowest BCUT2D eigenvalue weighted by Gasteiger charge is -2.15. The van der Waals surface area contributed by atoms with E-state index in [1.54, 1.807) is 48.5 Å². The summed E-state index contributed by atoms with van der Waals surface area (Å²) in [7, 11) is 0. The quantitative estimate of drug-likeness (QED) is 0.385. The molecule has 0 aliphatic carbocycles. The zero-order valence-corrected chi connectivity index (χ0v) is 19.6. The number of benzene rings is 3. The van der Waals surface area contributed by atoms with Crippen molar-refractivity contribution >= 4 is 81.2 Å². The highest BCUT2D eigenvalue weighted by Gasteiger charge is 2.39. The van der Waals surface area contributed by atoms with Gasteiger partial charge in [-0.15, -0.1) is 0 Å². The molecule has 0 radical (unpaired) electrons. The summed E-state index contributed by atoms with van der Waals surface area (Å²) in [5.74, 6) is -1.73. The lowest BCUT2D eigenvalue weighted by Crippen LogP contribution is -2.32. The van der Waals surface area contributed by atoms with E-state index in [2.05, 4.69) is 10.6 Å². The van der Waals surface area contributed by atoms with Crippen LogP contribution in [0, 0.1) is 0 Å². The number of anilines is 3. The third-order valence-corrected chi connectivity index (χ3v) is 5.99. The highest BCUT2D eigenvalue weighted by molar-refractivity contribution is 6.53. The van der Waals surface area contributed by atoms with Crippen molar-refractivity contribution < 1.29 is 14.4 Å². The average molecular weight is 521 g/mol. The van der Waals surface area contributed by atoms with E-state index in [1.165, 1.54) is 18.2 Å². The molecule has 0 aromatic heterocycles. The first-order valence-electron chi connectivity index (χ1n) is 9.42. The fraction of sp³-hybridized carbons (Fsp3) is 0. The molecule has 0 spiro atoms. The third kappa shape index (κ3) is 4.84. The second kappa shape index (κ2) is 9.45. The standard InChI is InChI=1S/C23H13Cl4N3O3/c24-13-4-2-6-16(10-13)30-22(32)19(27)20(23(30)33)28-14-5-1-3-12(9-14)21(31)29-15-7-8-17(25)18(26)11-15/h1-11,28H,(H,29,31). The number of carbonyl (C=O) groups excluding carboxylic acids is 3. The molecule has 3 aromatic rings. The molecule has 33 heavy (non-hydrogen) atoms. The van der Waals surface area contributed by atoms with Crippen molar-refractivity contribution in [3.05, 3.63) is 98.1 Å². The van der Waals surface area contributed by atoms with E-state index in [4.69, 9.17) is 46.4 Å². The molecule has 3 amide bonds. The van der Waals surface area contributed by atoms with Gasteiger partial charge in [-0.3, -0.25) is 14.4 Å². The zero-order valence-electron chi connectivity index (χ0n) is 16.5. The fourth-order valence-corrected chi connectivity index (χ4v) is 3.82. The van der Waals surface area contributed by atoms with Crippen LogP contribution in [0.2, 0.25) is 15.1 Å². The summed E-state index contributed by atoms with van der Waals surface area (Å²) in [6.45, 7) is 0. The zero-order chi connectivity index (χ0) is 23.7. The molecule has 0 saturated heterocycles. The van der Waals surface area contributed by atoms with Gasteiger partial charge in [0.25, 0.3) is 17.7 Å². The summed E-state index contributed by atoms with van der Waals surface area (Å²) in [4.78, 5) is 39.1. The molecule has 1 aliphatic heterocycles. The molecule has 2 N–H and O–H groups in total. The highest BCUT2D eigenvalue weighted by atomic mass is 35.5. The maximum absolute atomic E-state index is 12.9. The van der Waals surface area contributed by atoms with Gasteiger partial charge in [0, 0.05) is 22.0 Å². The van der Waals surface area contributed by atoms with Crippen LogP contribution in [0.3, 0.4) is 0 Å². The molecular weight excluding hydrogens is 508 g/mol. The monoisotopic (exact) mass is 519 g/mol. The van der Waals surface area contributed by atoms with Gasteiger partial charge in [0.05, 0.1) is 15.7 Å². The number of carbonyl (C=O) groups is 3. The molecule has 3 aromatic carbocycles. The van der Waals surface area contributed by atoms with Crippen molar-refractivity contribution in [3.63, 3.8) is 0 Å². The average Bonchev–Trinajstić information content (AvgIpc) is 2.99. The molecule has 0 fully saturated rings. The molecule has 0 saturated carbocycles. The van der Waals surface area contributed by atoms with Gasteiger partial charge in [0.1, 0.15) is 10.7 Å². The summed E-state index contributed by atoms with van der Waals surface area (Å²) < 4.78 is 0. The Kier molecular flexibility index (Phi) is 6.63. The van der Waals surface area contributed by atoms with Crippen LogP contribution in [-0.4, -0.2) is 17.7 Å². The molecule has 166 valence electrons.